The molecule has 0 aromatic carbocycles. The first kappa shape index (κ1) is 8.48. The Morgan fingerprint density at radius 1 is 1.42 bits per heavy atom. The molecule has 0 radical (unpaired) electrons. The summed E-state index contributed by atoms with van der Waals surface area (Å²) in [5.74, 6) is 0.467. The predicted octanol–water partition coefficient (Wildman–Crippen LogP) is 0.747. The first-order valence-electron chi connectivity index (χ1n) is 4.68. The maximum atomic E-state index is 5.71. The van der Waals surface area contributed by atoms with Crippen LogP contribution in [0, 0.1) is 5.92 Å². The van der Waals surface area contributed by atoms with Gasteiger partial charge in [-0.05, 0) is 39.3 Å². The van der Waals surface area contributed by atoms with Crippen LogP contribution in [0.25, 0.3) is 0 Å². The Labute approximate surface area is 73.4 Å². The summed E-state index contributed by atoms with van der Waals surface area (Å²) in [6, 6.07) is 0. The van der Waals surface area contributed by atoms with E-state index in [-0.39, 0.29) is 5.79 Å². The summed E-state index contributed by atoms with van der Waals surface area (Å²) in [6.07, 6.45) is 1.48. The Balaban J connectivity index is 1.75. The topological polar surface area (TPSA) is 30.5 Å². The molecule has 1 unspecified atom stereocenters. The van der Waals surface area contributed by atoms with Gasteiger partial charge in [-0.3, -0.25) is 0 Å². The van der Waals surface area contributed by atoms with Crippen molar-refractivity contribution in [2.75, 3.05) is 19.7 Å². The minimum absolute atomic E-state index is 0.326. The number of ether oxygens (including phenoxy) is 2. The van der Waals surface area contributed by atoms with Crippen molar-refractivity contribution < 1.29 is 9.47 Å². The van der Waals surface area contributed by atoms with Crippen LogP contribution in [0.4, 0.5) is 0 Å². The van der Waals surface area contributed by atoms with Gasteiger partial charge in [-0.2, -0.15) is 0 Å². The summed E-state index contributed by atoms with van der Waals surface area (Å²) in [5, 5.41) is 3.26. The Morgan fingerprint density at radius 2 is 2.17 bits per heavy atom. The van der Waals surface area contributed by atoms with Gasteiger partial charge in [0, 0.05) is 0 Å². The van der Waals surface area contributed by atoms with Gasteiger partial charge in [0.1, 0.15) is 0 Å². The number of rotatable bonds is 2. The van der Waals surface area contributed by atoms with E-state index in [2.05, 4.69) is 5.32 Å². The van der Waals surface area contributed by atoms with Crippen LogP contribution >= 0.6 is 0 Å². The minimum Gasteiger partial charge on any atom is -0.348 e. The lowest BCUT2D eigenvalue weighted by atomic mass is 9.96. The van der Waals surface area contributed by atoms with E-state index < -0.39 is 0 Å². The molecule has 0 saturated carbocycles. The van der Waals surface area contributed by atoms with Crippen LogP contribution in [0.2, 0.25) is 0 Å². The second-order valence-electron chi connectivity index (χ2n) is 4.21. The summed E-state index contributed by atoms with van der Waals surface area (Å²) in [6.45, 7) is 7.03. The molecule has 0 aromatic heterocycles. The molecule has 1 N–H and O–H groups in total. The molecule has 0 amide bonds. The molecule has 1 atom stereocenters. The summed E-state index contributed by atoms with van der Waals surface area (Å²) < 4.78 is 11.2. The van der Waals surface area contributed by atoms with Gasteiger partial charge in [-0.1, -0.05) is 0 Å². The van der Waals surface area contributed by atoms with Gasteiger partial charge in [-0.15, -0.1) is 0 Å². The molecule has 3 nitrogen and oxygen atoms in total. The van der Waals surface area contributed by atoms with Gasteiger partial charge in [-0.25, -0.2) is 0 Å². The minimum atomic E-state index is -0.345. The van der Waals surface area contributed by atoms with Crippen molar-refractivity contribution in [3.05, 3.63) is 0 Å². The highest BCUT2D eigenvalue weighted by Gasteiger charge is 2.34. The molecule has 70 valence electrons. The van der Waals surface area contributed by atoms with E-state index in [1.807, 2.05) is 13.8 Å². The fourth-order valence-electron chi connectivity index (χ4n) is 1.77. The Kier molecular flexibility index (Phi) is 2.10. The monoisotopic (exact) mass is 171 g/mol. The molecule has 12 heavy (non-hydrogen) atoms. The van der Waals surface area contributed by atoms with E-state index >= 15 is 0 Å². The van der Waals surface area contributed by atoms with Gasteiger partial charge in [0.05, 0.1) is 12.7 Å². The lowest BCUT2D eigenvalue weighted by Crippen LogP contribution is -2.44. The molecule has 2 rings (SSSR count). The fourth-order valence-corrected chi connectivity index (χ4v) is 1.77. The summed E-state index contributed by atoms with van der Waals surface area (Å²) >= 11 is 0. The van der Waals surface area contributed by atoms with E-state index in [9.17, 15) is 0 Å². The maximum absolute atomic E-state index is 5.71. The zero-order chi connectivity index (χ0) is 8.60. The zero-order valence-electron chi connectivity index (χ0n) is 7.80. The molecule has 2 fully saturated rings. The predicted molar refractivity (Wildman–Crippen MR) is 45.9 cm³/mol. The number of hydrogen-bond acceptors (Lipinski definition) is 3. The first-order chi connectivity index (χ1) is 5.66. The second-order valence-corrected chi connectivity index (χ2v) is 4.21. The quantitative estimate of drug-likeness (QED) is 0.665. The van der Waals surface area contributed by atoms with Gasteiger partial charge >= 0.3 is 0 Å². The molecule has 0 aliphatic carbocycles. The Morgan fingerprint density at radius 3 is 2.58 bits per heavy atom. The van der Waals surface area contributed by atoms with E-state index in [0.717, 1.165) is 32.0 Å². The molecule has 0 bridgehead atoms. The molecule has 2 saturated heterocycles. The van der Waals surface area contributed by atoms with E-state index in [1.54, 1.807) is 0 Å². The molecule has 2 aliphatic rings. The standard InChI is InChI=1S/C9H17NO2/c1-9(2)11-6-8(12-9)3-7-4-10-5-7/h7-8,10H,3-6H2,1-2H3. The fraction of sp³-hybridized carbons (Fsp3) is 1.00. The van der Waals surface area contributed by atoms with Crippen LogP contribution in [0.5, 0.6) is 0 Å². The highest BCUT2D eigenvalue weighted by atomic mass is 16.7. The summed E-state index contributed by atoms with van der Waals surface area (Å²) in [5.41, 5.74) is 0. The Bertz CT molecular complexity index is 166. The maximum Gasteiger partial charge on any atom is 0.163 e. The molecule has 2 aliphatic heterocycles. The van der Waals surface area contributed by atoms with Crippen molar-refractivity contribution in [1.29, 1.82) is 0 Å². The SMILES string of the molecule is CC1(C)OCC(CC2CNC2)O1. The smallest absolute Gasteiger partial charge is 0.163 e. The third-order valence-corrected chi connectivity index (χ3v) is 2.53. The average Bonchev–Trinajstić information content (AvgIpc) is 2.21. The molecule has 3 heteroatoms. The summed E-state index contributed by atoms with van der Waals surface area (Å²) in [7, 11) is 0. The molecular formula is C9H17NO2. The van der Waals surface area contributed by atoms with Crippen LogP contribution in [0.3, 0.4) is 0 Å². The van der Waals surface area contributed by atoms with E-state index in [1.165, 1.54) is 0 Å². The normalized spacial score (nSPS) is 35.0. The largest absolute Gasteiger partial charge is 0.348 e. The first-order valence-corrected chi connectivity index (χ1v) is 4.68. The van der Waals surface area contributed by atoms with Crippen molar-refractivity contribution in [2.24, 2.45) is 5.92 Å². The van der Waals surface area contributed by atoms with Crippen molar-refractivity contribution in [3.8, 4) is 0 Å². The molecule has 2 heterocycles. The van der Waals surface area contributed by atoms with Crippen LogP contribution in [0.15, 0.2) is 0 Å². The lowest BCUT2D eigenvalue weighted by Gasteiger charge is -2.29. The van der Waals surface area contributed by atoms with Gasteiger partial charge in [0.25, 0.3) is 0 Å². The van der Waals surface area contributed by atoms with Gasteiger partial charge in [0.2, 0.25) is 0 Å². The van der Waals surface area contributed by atoms with Crippen molar-refractivity contribution >= 4 is 0 Å². The van der Waals surface area contributed by atoms with Gasteiger partial charge < -0.3 is 14.8 Å². The van der Waals surface area contributed by atoms with E-state index in [4.69, 9.17) is 9.47 Å². The number of nitrogens with one attached hydrogen (secondary N) is 1. The van der Waals surface area contributed by atoms with Gasteiger partial charge in [0.15, 0.2) is 5.79 Å². The van der Waals surface area contributed by atoms with Crippen LogP contribution in [0.1, 0.15) is 20.3 Å². The third kappa shape index (κ3) is 1.79. The molecule has 0 aromatic rings. The van der Waals surface area contributed by atoms with Crippen LogP contribution < -0.4 is 5.32 Å². The van der Waals surface area contributed by atoms with Crippen LogP contribution in [-0.2, 0) is 9.47 Å². The Hall–Kier alpha value is -0.120. The lowest BCUT2D eigenvalue weighted by molar-refractivity contribution is -0.140. The average molecular weight is 171 g/mol. The summed E-state index contributed by atoms with van der Waals surface area (Å²) in [4.78, 5) is 0. The van der Waals surface area contributed by atoms with Crippen molar-refractivity contribution in [1.82, 2.24) is 5.32 Å². The third-order valence-electron chi connectivity index (χ3n) is 2.53. The highest BCUT2D eigenvalue weighted by molar-refractivity contribution is 4.81. The number of hydrogen-bond donors (Lipinski definition) is 1. The molecular weight excluding hydrogens is 154 g/mol. The second kappa shape index (κ2) is 2.98. The van der Waals surface area contributed by atoms with E-state index in [0.29, 0.717) is 6.10 Å². The zero-order valence-corrected chi connectivity index (χ0v) is 7.80. The highest BCUT2D eigenvalue weighted by Crippen LogP contribution is 2.26. The van der Waals surface area contributed by atoms with Crippen LogP contribution in [-0.4, -0.2) is 31.6 Å². The van der Waals surface area contributed by atoms with Crippen molar-refractivity contribution in [2.45, 2.75) is 32.2 Å². The molecule has 0 spiro atoms. The van der Waals surface area contributed by atoms with Crippen molar-refractivity contribution in [3.63, 3.8) is 0 Å².